The number of anilines is 1. The number of thiocarbonyl (C=S) groups is 1. The van der Waals surface area contributed by atoms with E-state index in [1.165, 1.54) is 18.4 Å². The molecule has 0 saturated heterocycles. The molecule has 1 aromatic heterocycles. The first-order valence-corrected chi connectivity index (χ1v) is 9.32. The van der Waals surface area contributed by atoms with Crippen LogP contribution in [0.1, 0.15) is 20.0 Å². The number of methoxy groups -OCH3 is 1. The molecule has 1 amide bonds. The van der Waals surface area contributed by atoms with Crippen molar-refractivity contribution < 1.29 is 14.3 Å². The number of hydrogen-bond donors (Lipinski definition) is 3. The smallest absolute Gasteiger partial charge is 0.349 e. The van der Waals surface area contributed by atoms with Crippen LogP contribution >= 0.6 is 35.2 Å². The summed E-state index contributed by atoms with van der Waals surface area (Å²) < 4.78 is 5.54. The highest BCUT2D eigenvalue weighted by molar-refractivity contribution is 7.80. The molecule has 6 nitrogen and oxygen atoms in total. The molecule has 138 valence electrons. The molecule has 0 atom stereocenters. The number of carbonyl (C=O) groups excluding carboxylic acids is 2. The summed E-state index contributed by atoms with van der Waals surface area (Å²) in [5.74, 6) is -0.778. The van der Waals surface area contributed by atoms with Gasteiger partial charge in [-0.2, -0.15) is 0 Å². The molecule has 3 aromatic rings. The maximum Gasteiger partial charge on any atom is 0.349 e. The first kappa shape index (κ1) is 19.1. The first-order chi connectivity index (χ1) is 13.0. The molecule has 0 aliphatic heterocycles. The summed E-state index contributed by atoms with van der Waals surface area (Å²) in [6.45, 7) is 0. The standard InChI is InChI=1S/C18H14ClN3O3S2/c1-25-17(24)15-14(19)12-8-7-11(9-13(12)27-15)20-18(26)22-21-16(23)10-5-3-2-4-6-10/h2-9H,1H3,(H,21,23)(H2,20,22,26). The fourth-order valence-corrected chi connectivity index (χ4v) is 3.94. The van der Waals surface area contributed by atoms with Crippen LogP contribution in [-0.2, 0) is 4.74 Å². The van der Waals surface area contributed by atoms with Gasteiger partial charge in [-0.1, -0.05) is 29.8 Å². The van der Waals surface area contributed by atoms with Gasteiger partial charge in [-0.05, 0) is 42.5 Å². The third-order valence-electron chi connectivity index (χ3n) is 3.58. The Morgan fingerprint density at radius 2 is 1.85 bits per heavy atom. The van der Waals surface area contributed by atoms with E-state index in [0.717, 1.165) is 10.1 Å². The molecule has 27 heavy (non-hydrogen) atoms. The molecule has 9 heteroatoms. The highest BCUT2D eigenvalue weighted by atomic mass is 35.5. The highest BCUT2D eigenvalue weighted by Crippen LogP contribution is 2.37. The van der Waals surface area contributed by atoms with Crippen LogP contribution in [0.25, 0.3) is 10.1 Å². The highest BCUT2D eigenvalue weighted by Gasteiger charge is 2.17. The van der Waals surface area contributed by atoms with Crippen molar-refractivity contribution in [1.29, 1.82) is 0 Å². The lowest BCUT2D eigenvalue weighted by atomic mass is 10.2. The molecule has 3 N–H and O–H groups in total. The molecule has 2 aromatic carbocycles. The zero-order chi connectivity index (χ0) is 19.4. The van der Waals surface area contributed by atoms with Crippen LogP contribution in [0, 0.1) is 0 Å². The number of nitrogens with one attached hydrogen (secondary N) is 3. The van der Waals surface area contributed by atoms with Crippen LogP contribution < -0.4 is 16.2 Å². The van der Waals surface area contributed by atoms with E-state index in [0.29, 0.717) is 21.2 Å². The zero-order valence-electron chi connectivity index (χ0n) is 14.0. The molecule has 0 bridgehead atoms. The summed E-state index contributed by atoms with van der Waals surface area (Å²) in [6.07, 6.45) is 0. The van der Waals surface area contributed by atoms with E-state index >= 15 is 0 Å². The first-order valence-electron chi connectivity index (χ1n) is 7.72. The average molecular weight is 420 g/mol. The van der Waals surface area contributed by atoms with Crippen LogP contribution in [0.4, 0.5) is 5.69 Å². The molecule has 0 unspecified atom stereocenters. The van der Waals surface area contributed by atoms with Crippen LogP contribution in [0.5, 0.6) is 0 Å². The van der Waals surface area contributed by atoms with Crippen molar-refractivity contribution in [3.8, 4) is 0 Å². The molecule has 3 rings (SSSR count). The van der Waals surface area contributed by atoms with Gasteiger partial charge in [0.05, 0.1) is 12.1 Å². The van der Waals surface area contributed by atoms with Crippen LogP contribution in [0.15, 0.2) is 48.5 Å². The Labute approximate surface area is 169 Å². The molecule has 0 fully saturated rings. The minimum Gasteiger partial charge on any atom is -0.465 e. The van der Waals surface area contributed by atoms with Gasteiger partial charge in [-0.15, -0.1) is 11.3 Å². The van der Waals surface area contributed by atoms with E-state index in [9.17, 15) is 9.59 Å². The van der Waals surface area contributed by atoms with Gasteiger partial charge in [0, 0.05) is 21.3 Å². The number of halogens is 1. The van der Waals surface area contributed by atoms with Gasteiger partial charge in [-0.25, -0.2) is 4.79 Å². The van der Waals surface area contributed by atoms with E-state index in [4.69, 9.17) is 28.6 Å². The average Bonchev–Trinajstić information content (AvgIpc) is 3.02. The lowest BCUT2D eigenvalue weighted by Gasteiger charge is -2.11. The number of fused-ring (bicyclic) bond motifs is 1. The van der Waals surface area contributed by atoms with E-state index in [-0.39, 0.29) is 11.0 Å². The van der Waals surface area contributed by atoms with Gasteiger partial charge in [0.25, 0.3) is 5.91 Å². The van der Waals surface area contributed by atoms with Crippen LogP contribution in [0.2, 0.25) is 5.02 Å². The fourth-order valence-electron chi connectivity index (χ4n) is 2.30. The van der Waals surface area contributed by atoms with Crippen LogP contribution in [0.3, 0.4) is 0 Å². The third-order valence-corrected chi connectivity index (χ3v) is 5.43. The van der Waals surface area contributed by atoms with Crippen molar-refractivity contribution in [2.24, 2.45) is 0 Å². The van der Waals surface area contributed by atoms with Gasteiger partial charge in [0.15, 0.2) is 5.11 Å². The van der Waals surface area contributed by atoms with Crippen LogP contribution in [-0.4, -0.2) is 24.1 Å². The number of rotatable bonds is 3. The van der Waals surface area contributed by atoms with Crippen molar-refractivity contribution in [1.82, 2.24) is 10.9 Å². The number of carbonyl (C=O) groups is 2. The van der Waals surface area contributed by atoms with E-state index in [1.54, 1.807) is 36.4 Å². The molecule has 0 spiro atoms. The number of amides is 1. The summed E-state index contributed by atoms with van der Waals surface area (Å²) in [5.41, 5.74) is 6.36. The number of hydrogen-bond acceptors (Lipinski definition) is 5. The number of hydrazine groups is 1. The second-order valence-corrected chi connectivity index (χ2v) is 7.19. The second kappa shape index (κ2) is 8.34. The molecule has 0 aliphatic carbocycles. The monoisotopic (exact) mass is 419 g/mol. The Balaban J connectivity index is 1.66. The number of esters is 1. The largest absolute Gasteiger partial charge is 0.465 e. The molecule has 0 radical (unpaired) electrons. The predicted octanol–water partition coefficient (Wildman–Crippen LogP) is 3.97. The van der Waals surface area contributed by atoms with Crippen molar-refractivity contribution in [2.45, 2.75) is 0 Å². The normalized spacial score (nSPS) is 10.3. The lowest BCUT2D eigenvalue weighted by Crippen LogP contribution is -2.43. The SMILES string of the molecule is COC(=O)c1sc2cc(NC(=S)NNC(=O)c3ccccc3)ccc2c1Cl. The van der Waals surface area contributed by atoms with Gasteiger partial charge >= 0.3 is 5.97 Å². The maximum atomic E-state index is 12.0. The van der Waals surface area contributed by atoms with E-state index < -0.39 is 5.97 Å². The number of thiophene rings is 1. The van der Waals surface area contributed by atoms with Crippen molar-refractivity contribution in [3.63, 3.8) is 0 Å². The quantitative estimate of drug-likeness (QED) is 0.338. The van der Waals surface area contributed by atoms with Gasteiger partial charge in [-0.3, -0.25) is 15.6 Å². The summed E-state index contributed by atoms with van der Waals surface area (Å²) in [4.78, 5) is 24.1. The molecule has 0 aliphatic rings. The molecular weight excluding hydrogens is 406 g/mol. The molecular formula is C18H14ClN3O3S2. The lowest BCUT2D eigenvalue weighted by molar-refractivity contribution is 0.0606. The Kier molecular flexibility index (Phi) is 5.90. The third kappa shape index (κ3) is 4.36. The van der Waals surface area contributed by atoms with Gasteiger partial charge in [0.1, 0.15) is 4.88 Å². The van der Waals surface area contributed by atoms with Gasteiger partial charge < -0.3 is 10.1 Å². The number of benzene rings is 2. The van der Waals surface area contributed by atoms with Crippen molar-refractivity contribution in [2.75, 3.05) is 12.4 Å². The summed E-state index contributed by atoms with van der Waals surface area (Å²) in [7, 11) is 1.31. The van der Waals surface area contributed by atoms with E-state index in [2.05, 4.69) is 16.2 Å². The Morgan fingerprint density at radius 1 is 1.11 bits per heavy atom. The van der Waals surface area contributed by atoms with Crippen molar-refractivity contribution >= 4 is 67.9 Å². The summed E-state index contributed by atoms with van der Waals surface area (Å²) >= 11 is 12.7. The van der Waals surface area contributed by atoms with Gasteiger partial charge in [0.2, 0.25) is 0 Å². The second-order valence-electron chi connectivity index (χ2n) is 5.35. The Bertz CT molecular complexity index is 1020. The Hall–Kier alpha value is -2.68. The molecule has 1 heterocycles. The minimum absolute atomic E-state index is 0.217. The topological polar surface area (TPSA) is 79.5 Å². The number of ether oxygens (including phenoxy) is 1. The predicted molar refractivity (Wildman–Crippen MR) is 111 cm³/mol. The summed E-state index contributed by atoms with van der Waals surface area (Å²) in [6, 6.07) is 14.1. The fraction of sp³-hybridized carbons (Fsp3) is 0.0556. The summed E-state index contributed by atoms with van der Waals surface area (Å²) in [5, 5.41) is 4.30. The maximum absolute atomic E-state index is 12.0. The van der Waals surface area contributed by atoms with E-state index in [1.807, 2.05) is 12.1 Å². The Morgan fingerprint density at radius 3 is 2.56 bits per heavy atom. The minimum atomic E-state index is -0.475. The zero-order valence-corrected chi connectivity index (χ0v) is 16.4. The molecule has 0 saturated carbocycles. The van der Waals surface area contributed by atoms with Crippen molar-refractivity contribution in [3.05, 3.63) is 64.0 Å².